The normalized spacial score (nSPS) is 13.7. The topological polar surface area (TPSA) is 146 Å². The molecule has 0 atom stereocenters. The zero-order valence-electron chi connectivity index (χ0n) is 28.0. The monoisotopic (exact) mass is 761 g/mol. The fourth-order valence-electron chi connectivity index (χ4n) is 6.52. The number of amides is 2. The number of benzene rings is 5. The molecule has 3 heterocycles. The van der Waals surface area contributed by atoms with Gasteiger partial charge in [0.15, 0.2) is 5.13 Å². The number of thiazole rings is 1. The number of carbonyl (C=O) groups is 2. The average Bonchev–Trinajstić information content (AvgIpc) is 3.94. The molecule has 0 spiro atoms. The third kappa shape index (κ3) is 6.56. The summed E-state index contributed by atoms with van der Waals surface area (Å²) in [7, 11) is -7.57. The second-order valence-corrected chi connectivity index (χ2v) is 17.1. The molecule has 0 fully saturated rings. The van der Waals surface area contributed by atoms with Gasteiger partial charge < -0.3 is 5.32 Å². The van der Waals surface area contributed by atoms with E-state index in [1.165, 1.54) is 68.5 Å². The summed E-state index contributed by atoms with van der Waals surface area (Å²) in [6.45, 7) is 0.730. The van der Waals surface area contributed by atoms with Gasteiger partial charge in [0.25, 0.3) is 31.9 Å². The number of sulfonamides is 2. The van der Waals surface area contributed by atoms with Crippen LogP contribution in [-0.2, 0) is 32.9 Å². The van der Waals surface area contributed by atoms with E-state index in [1.54, 1.807) is 35.7 Å². The van der Waals surface area contributed by atoms with Gasteiger partial charge in [0.1, 0.15) is 0 Å². The van der Waals surface area contributed by atoms with Crippen molar-refractivity contribution < 1.29 is 26.4 Å². The molecule has 8 rings (SSSR count). The molecular weight excluding hydrogens is 731 g/mol. The molecule has 53 heavy (non-hydrogen) atoms. The van der Waals surface area contributed by atoms with Crippen molar-refractivity contribution in [2.75, 3.05) is 32.3 Å². The summed E-state index contributed by atoms with van der Waals surface area (Å²) >= 11 is 1.22. The second kappa shape index (κ2) is 13.6. The minimum absolute atomic E-state index is 0.100. The summed E-state index contributed by atoms with van der Waals surface area (Å²) in [5, 5.41) is 7.75. The van der Waals surface area contributed by atoms with Crippen molar-refractivity contribution in [3.8, 4) is 11.3 Å². The van der Waals surface area contributed by atoms with Crippen molar-refractivity contribution in [2.24, 2.45) is 0 Å². The number of nitrogens with zero attached hydrogens (tertiary/aromatic N) is 3. The molecule has 11 nitrogen and oxygen atoms in total. The van der Waals surface area contributed by atoms with Crippen molar-refractivity contribution in [1.29, 1.82) is 0 Å². The van der Waals surface area contributed by atoms with Crippen molar-refractivity contribution in [2.45, 2.75) is 22.6 Å². The fraction of sp³-hybridized carbons (Fsp3) is 0.103. The number of anilines is 4. The van der Waals surface area contributed by atoms with Crippen molar-refractivity contribution in [1.82, 2.24) is 4.98 Å². The van der Waals surface area contributed by atoms with Crippen LogP contribution in [0.4, 0.5) is 22.2 Å². The summed E-state index contributed by atoms with van der Waals surface area (Å²) in [6.07, 6.45) is 1.29. The van der Waals surface area contributed by atoms with E-state index >= 15 is 0 Å². The Kier molecular flexibility index (Phi) is 8.80. The third-order valence-corrected chi connectivity index (χ3v) is 13.7. The minimum atomic E-state index is -3.78. The van der Waals surface area contributed by atoms with Crippen molar-refractivity contribution in [3.63, 3.8) is 0 Å². The van der Waals surface area contributed by atoms with E-state index in [2.05, 4.69) is 15.6 Å². The van der Waals surface area contributed by atoms with E-state index in [1.807, 2.05) is 42.5 Å². The zero-order chi connectivity index (χ0) is 36.7. The molecule has 0 saturated heterocycles. The smallest absolute Gasteiger partial charge is 0.264 e. The number of para-hydroxylation sites is 2. The Morgan fingerprint density at radius 2 is 1.11 bits per heavy atom. The SMILES string of the molecule is O=C(Nc1cccc(-c2csc(NC(=O)c3ccc(S(=O)(=O)N4CCc5ccccc54)cc3)n2)c1)c1ccc(S(=O)(=O)N2CCc3ccccc32)cc1. The molecule has 2 aliphatic heterocycles. The molecule has 14 heteroatoms. The number of carbonyl (C=O) groups excluding carboxylic acids is 2. The summed E-state index contributed by atoms with van der Waals surface area (Å²) in [5.41, 5.74) is 5.66. The molecule has 0 aliphatic carbocycles. The lowest BCUT2D eigenvalue weighted by atomic mass is 10.1. The van der Waals surface area contributed by atoms with Crippen LogP contribution in [0.3, 0.4) is 0 Å². The maximum Gasteiger partial charge on any atom is 0.264 e. The van der Waals surface area contributed by atoms with Crippen molar-refractivity contribution >= 4 is 65.4 Å². The van der Waals surface area contributed by atoms with E-state index in [-0.39, 0.29) is 15.4 Å². The molecule has 0 radical (unpaired) electrons. The maximum atomic E-state index is 13.4. The van der Waals surface area contributed by atoms with Gasteiger partial charge in [0.2, 0.25) is 0 Å². The van der Waals surface area contributed by atoms with E-state index in [0.717, 1.165) is 11.1 Å². The van der Waals surface area contributed by atoms with Crippen LogP contribution in [0.15, 0.2) is 136 Å². The predicted molar refractivity (Wildman–Crippen MR) is 206 cm³/mol. The first-order valence-corrected chi connectivity index (χ1v) is 20.4. The van der Waals surface area contributed by atoms with Gasteiger partial charge in [-0.1, -0.05) is 48.5 Å². The van der Waals surface area contributed by atoms with E-state index in [0.29, 0.717) is 64.9 Å². The molecule has 5 aromatic carbocycles. The lowest BCUT2D eigenvalue weighted by molar-refractivity contribution is 0.101. The number of fused-ring (bicyclic) bond motifs is 2. The first-order valence-electron chi connectivity index (χ1n) is 16.7. The quantitative estimate of drug-likeness (QED) is 0.165. The first-order chi connectivity index (χ1) is 25.6. The van der Waals surface area contributed by atoms with Crippen LogP contribution in [0.5, 0.6) is 0 Å². The van der Waals surface area contributed by atoms with Gasteiger partial charge >= 0.3 is 0 Å². The fourth-order valence-corrected chi connectivity index (χ4v) is 10.2. The summed E-state index contributed by atoms with van der Waals surface area (Å²) in [6, 6.07) is 33.6. The molecule has 266 valence electrons. The lowest BCUT2D eigenvalue weighted by Crippen LogP contribution is -2.29. The highest BCUT2D eigenvalue weighted by Gasteiger charge is 2.32. The Morgan fingerprint density at radius 1 is 0.604 bits per heavy atom. The number of nitrogens with one attached hydrogen (secondary N) is 2. The van der Waals surface area contributed by atoms with Gasteiger partial charge in [0.05, 0.1) is 26.9 Å². The Balaban J connectivity index is 0.902. The van der Waals surface area contributed by atoms with Gasteiger partial charge in [-0.2, -0.15) is 0 Å². The van der Waals surface area contributed by atoms with Crippen molar-refractivity contribution in [3.05, 3.63) is 149 Å². The zero-order valence-corrected chi connectivity index (χ0v) is 30.4. The molecule has 0 bridgehead atoms. The van der Waals surface area contributed by atoms with Crippen LogP contribution >= 0.6 is 11.3 Å². The molecule has 6 aromatic rings. The first kappa shape index (κ1) is 34.3. The average molecular weight is 762 g/mol. The van der Waals surface area contributed by atoms with Gasteiger partial charge in [-0.15, -0.1) is 11.3 Å². The Bertz CT molecular complexity index is 2610. The highest BCUT2D eigenvalue weighted by atomic mass is 32.2. The predicted octanol–water partition coefficient (Wildman–Crippen LogP) is 6.82. The van der Waals surface area contributed by atoms with Crippen LogP contribution in [0, 0.1) is 0 Å². The minimum Gasteiger partial charge on any atom is -0.322 e. The molecule has 0 saturated carbocycles. The molecule has 2 aliphatic rings. The van der Waals surface area contributed by atoms with Gasteiger partial charge in [-0.05, 0) is 96.8 Å². The maximum absolute atomic E-state index is 13.4. The highest BCUT2D eigenvalue weighted by molar-refractivity contribution is 7.93. The van der Waals surface area contributed by atoms with Crippen LogP contribution in [-0.4, -0.2) is 46.7 Å². The molecular formula is C39H31N5O6S3. The molecule has 0 unspecified atom stereocenters. The van der Waals surface area contributed by atoms with Gasteiger partial charge in [-0.25, -0.2) is 21.8 Å². The van der Waals surface area contributed by atoms with E-state index in [9.17, 15) is 26.4 Å². The van der Waals surface area contributed by atoms with Crippen LogP contribution in [0.25, 0.3) is 11.3 Å². The third-order valence-electron chi connectivity index (χ3n) is 9.24. The number of rotatable bonds is 9. The second-order valence-electron chi connectivity index (χ2n) is 12.5. The van der Waals surface area contributed by atoms with Crippen LogP contribution in [0.1, 0.15) is 31.8 Å². The molecule has 1 aromatic heterocycles. The highest BCUT2D eigenvalue weighted by Crippen LogP contribution is 2.34. The molecule has 2 amide bonds. The largest absolute Gasteiger partial charge is 0.322 e. The number of aromatic nitrogens is 1. The molecule has 2 N–H and O–H groups in total. The number of hydrogen-bond donors (Lipinski definition) is 2. The Labute approximate surface area is 310 Å². The van der Waals surface area contributed by atoms with E-state index in [4.69, 9.17) is 0 Å². The van der Waals surface area contributed by atoms with E-state index < -0.39 is 31.9 Å². The van der Waals surface area contributed by atoms with Gasteiger partial charge in [-0.3, -0.25) is 23.5 Å². The standard InChI is InChI=1S/C39H31N5O6S3/c45-37(28-12-16-32(17-13-28)52(47,48)43-22-20-26-6-1-3-10-35(26)43)40-31-9-5-8-30(24-31)34-25-51-39(41-34)42-38(46)29-14-18-33(19-15-29)53(49,50)44-23-21-27-7-2-4-11-36(27)44/h1-19,24-25H,20-23H2,(H,40,45)(H,41,42,46). The van der Waals surface area contributed by atoms with Gasteiger partial charge in [0, 0.05) is 40.8 Å². The lowest BCUT2D eigenvalue weighted by Gasteiger charge is -2.19. The number of hydrogen-bond acceptors (Lipinski definition) is 8. The van der Waals surface area contributed by atoms with Crippen LogP contribution < -0.4 is 19.2 Å². The Hall–Kier alpha value is -5.83. The summed E-state index contributed by atoms with van der Waals surface area (Å²) < 4.78 is 56.2. The summed E-state index contributed by atoms with van der Waals surface area (Å²) in [5.74, 6) is -0.848. The summed E-state index contributed by atoms with van der Waals surface area (Å²) in [4.78, 5) is 30.9. The van der Waals surface area contributed by atoms with Crippen LogP contribution in [0.2, 0.25) is 0 Å². The Morgan fingerprint density at radius 3 is 1.66 bits per heavy atom.